The summed E-state index contributed by atoms with van der Waals surface area (Å²) in [6.45, 7) is 0. The molecule has 0 fully saturated rings. The third kappa shape index (κ3) is 2.47. The van der Waals surface area contributed by atoms with Gasteiger partial charge in [0.2, 0.25) is 6.39 Å². The second-order valence-corrected chi connectivity index (χ2v) is 3.39. The van der Waals surface area contributed by atoms with Gasteiger partial charge in [0.25, 0.3) is 5.22 Å². The van der Waals surface area contributed by atoms with Crippen molar-refractivity contribution in [3.05, 3.63) is 47.7 Å². The molecule has 0 amide bonds. The van der Waals surface area contributed by atoms with Crippen LogP contribution in [0.4, 0.5) is 0 Å². The Morgan fingerprint density at radius 3 is 2.79 bits per heavy atom. The number of thioether (sulfide) groups is 1. The summed E-state index contributed by atoms with van der Waals surface area (Å²) >= 11 is 1.40. The summed E-state index contributed by atoms with van der Waals surface area (Å²) < 4.78 is 4.96. The number of rotatable bonds is 3. The Morgan fingerprint density at radius 1 is 1.21 bits per heavy atom. The molecule has 4 heteroatoms. The first kappa shape index (κ1) is 9.02. The van der Waals surface area contributed by atoms with Crippen molar-refractivity contribution >= 4 is 17.8 Å². The molecule has 0 saturated carbocycles. The Balaban J connectivity index is 1.96. The van der Waals surface area contributed by atoms with Gasteiger partial charge < -0.3 is 4.42 Å². The van der Waals surface area contributed by atoms with E-state index >= 15 is 0 Å². The lowest BCUT2D eigenvalue weighted by atomic mass is 10.2. The average Bonchev–Trinajstić information content (AvgIpc) is 2.72. The maximum absolute atomic E-state index is 4.96. The molecule has 0 aliphatic rings. The van der Waals surface area contributed by atoms with Crippen LogP contribution in [-0.4, -0.2) is 10.2 Å². The molecular weight excluding hydrogens is 196 g/mol. The molecular formula is C10H8N2OS. The lowest BCUT2D eigenvalue weighted by molar-refractivity contribution is 0.454. The number of aromatic nitrogens is 2. The zero-order valence-corrected chi connectivity index (χ0v) is 8.15. The van der Waals surface area contributed by atoms with Crippen LogP contribution in [0.25, 0.3) is 6.08 Å². The molecule has 0 atom stereocenters. The quantitative estimate of drug-likeness (QED) is 0.721. The largest absolute Gasteiger partial charge is 0.419 e. The summed E-state index contributed by atoms with van der Waals surface area (Å²) in [5.41, 5.74) is 1.15. The van der Waals surface area contributed by atoms with Crippen molar-refractivity contribution in [2.24, 2.45) is 0 Å². The monoisotopic (exact) mass is 204 g/mol. The van der Waals surface area contributed by atoms with Crippen LogP contribution in [0.3, 0.4) is 0 Å². The Bertz CT molecular complexity index is 397. The molecule has 0 saturated heterocycles. The van der Waals surface area contributed by atoms with E-state index in [9.17, 15) is 0 Å². The fourth-order valence-electron chi connectivity index (χ4n) is 0.949. The predicted octanol–water partition coefficient (Wildman–Crippen LogP) is 2.83. The van der Waals surface area contributed by atoms with Crippen LogP contribution in [-0.2, 0) is 0 Å². The summed E-state index contributed by atoms with van der Waals surface area (Å²) in [6.07, 6.45) is 3.31. The average molecular weight is 204 g/mol. The molecule has 1 aromatic heterocycles. The molecule has 2 aromatic rings. The maximum Gasteiger partial charge on any atom is 0.280 e. The normalized spacial score (nSPS) is 10.9. The summed E-state index contributed by atoms with van der Waals surface area (Å²) in [4.78, 5) is 0. The smallest absolute Gasteiger partial charge is 0.280 e. The third-order valence-corrected chi connectivity index (χ3v) is 2.22. The van der Waals surface area contributed by atoms with Crippen LogP contribution in [0.2, 0.25) is 0 Å². The van der Waals surface area contributed by atoms with Crippen molar-refractivity contribution in [1.29, 1.82) is 0 Å². The van der Waals surface area contributed by atoms with Gasteiger partial charge in [0.05, 0.1) is 0 Å². The fraction of sp³-hybridized carbons (Fsp3) is 0. The second-order valence-electron chi connectivity index (χ2n) is 2.54. The molecule has 0 radical (unpaired) electrons. The van der Waals surface area contributed by atoms with Gasteiger partial charge in [-0.1, -0.05) is 30.3 Å². The molecule has 70 valence electrons. The Kier molecular flexibility index (Phi) is 2.98. The molecule has 3 nitrogen and oxygen atoms in total. The van der Waals surface area contributed by atoms with E-state index in [0.29, 0.717) is 5.22 Å². The molecule has 0 unspecified atom stereocenters. The number of hydrogen-bond acceptors (Lipinski definition) is 4. The zero-order chi connectivity index (χ0) is 9.64. The first-order chi connectivity index (χ1) is 6.95. The number of hydrogen-bond donors (Lipinski definition) is 0. The van der Waals surface area contributed by atoms with Gasteiger partial charge in [-0.15, -0.1) is 10.2 Å². The van der Waals surface area contributed by atoms with Crippen molar-refractivity contribution in [2.45, 2.75) is 5.22 Å². The van der Waals surface area contributed by atoms with Gasteiger partial charge in [-0.25, -0.2) is 0 Å². The minimum absolute atomic E-state index is 0.553. The Hall–Kier alpha value is -1.55. The second kappa shape index (κ2) is 4.62. The van der Waals surface area contributed by atoms with E-state index in [1.54, 1.807) is 0 Å². The van der Waals surface area contributed by atoms with Gasteiger partial charge in [0.1, 0.15) is 0 Å². The van der Waals surface area contributed by atoms with Crippen LogP contribution in [0.5, 0.6) is 0 Å². The first-order valence-corrected chi connectivity index (χ1v) is 4.97. The predicted molar refractivity (Wildman–Crippen MR) is 55.6 cm³/mol. The van der Waals surface area contributed by atoms with Gasteiger partial charge in [0.15, 0.2) is 0 Å². The number of benzene rings is 1. The van der Waals surface area contributed by atoms with E-state index < -0.39 is 0 Å². The van der Waals surface area contributed by atoms with E-state index in [2.05, 4.69) is 10.2 Å². The summed E-state index contributed by atoms with van der Waals surface area (Å²) in [7, 11) is 0. The highest BCUT2D eigenvalue weighted by Gasteiger charge is 1.93. The molecule has 14 heavy (non-hydrogen) atoms. The van der Waals surface area contributed by atoms with Crippen molar-refractivity contribution in [2.75, 3.05) is 0 Å². The van der Waals surface area contributed by atoms with Crippen LogP contribution < -0.4 is 0 Å². The minimum Gasteiger partial charge on any atom is -0.419 e. The van der Waals surface area contributed by atoms with E-state index in [1.807, 2.05) is 41.8 Å². The highest BCUT2D eigenvalue weighted by molar-refractivity contribution is 8.02. The SMILES string of the molecule is C(=Cc1ccccc1)Sc1nnco1. The van der Waals surface area contributed by atoms with E-state index in [1.165, 1.54) is 18.2 Å². The lowest BCUT2D eigenvalue weighted by Gasteiger charge is -1.89. The molecule has 0 aliphatic heterocycles. The maximum atomic E-state index is 4.96. The number of nitrogens with zero attached hydrogens (tertiary/aromatic N) is 2. The van der Waals surface area contributed by atoms with Crippen molar-refractivity contribution < 1.29 is 4.42 Å². The van der Waals surface area contributed by atoms with Crippen LogP contribution in [0.15, 0.2) is 51.8 Å². The van der Waals surface area contributed by atoms with Gasteiger partial charge in [-0.05, 0) is 28.8 Å². The molecule has 0 bridgehead atoms. The summed E-state index contributed by atoms with van der Waals surface area (Å²) in [5.74, 6) is 0. The molecule has 1 heterocycles. The standard InChI is InChI=1S/C10H8N2OS/c1-2-4-9(5-3-1)6-7-14-10-12-11-8-13-10/h1-8H. The highest BCUT2D eigenvalue weighted by atomic mass is 32.2. The molecule has 0 spiro atoms. The van der Waals surface area contributed by atoms with Crippen molar-refractivity contribution in [3.63, 3.8) is 0 Å². The van der Waals surface area contributed by atoms with Crippen LogP contribution in [0.1, 0.15) is 5.56 Å². The van der Waals surface area contributed by atoms with E-state index in [4.69, 9.17) is 4.42 Å². The van der Waals surface area contributed by atoms with Crippen molar-refractivity contribution in [1.82, 2.24) is 10.2 Å². The van der Waals surface area contributed by atoms with Gasteiger partial charge in [-0.3, -0.25) is 0 Å². The molecule has 0 N–H and O–H groups in total. The molecule has 0 aliphatic carbocycles. The summed E-state index contributed by atoms with van der Waals surface area (Å²) in [6, 6.07) is 10.0. The minimum atomic E-state index is 0.553. The van der Waals surface area contributed by atoms with Gasteiger partial charge >= 0.3 is 0 Å². The van der Waals surface area contributed by atoms with Gasteiger partial charge in [-0.2, -0.15) is 0 Å². The first-order valence-electron chi connectivity index (χ1n) is 4.09. The van der Waals surface area contributed by atoms with Gasteiger partial charge in [0, 0.05) is 0 Å². The Morgan fingerprint density at radius 2 is 2.07 bits per heavy atom. The van der Waals surface area contributed by atoms with E-state index in [0.717, 1.165) is 5.56 Å². The zero-order valence-electron chi connectivity index (χ0n) is 7.33. The third-order valence-electron chi connectivity index (χ3n) is 1.57. The fourth-order valence-corrected chi connectivity index (χ4v) is 1.48. The van der Waals surface area contributed by atoms with Crippen LogP contribution >= 0.6 is 11.8 Å². The molecule has 1 aromatic carbocycles. The van der Waals surface area contributed by atoms with E-state index in [-0.39, 0.29) is 0 Å². The van der Waals surface area contributed by atoms with Crippen LogP contribution in [0, 0.1) is 0 Å². The topological polar surface area (TPSA) is 38.9 Å². The highest BCUT2D eigenvalue weighted by Crippen LogP contribution is 2.16. The lowest BCUT2D eigenvalue weighted by Crippen LogP contribution is -1.68. The molecule has 2 rings (SSSR count). The Labute approximate surface area is 85.9 Å². The summed E-state index contributed by atoms with van der Waals surface area (Å²) in [5, 5.41) is 9.79. The van der Waals surface area contributed by atoms with Crippen molar-refractivity contribution in [3.8, 4) is 0 Å².